The second-order valence-electron chi connectivity index (χ2n) is 5.68. The first-order chi connectivity index (χ1) is 12.7. The van der Waals surface area contributed by atoms with Crippen LogP contribution < -0.4 is 21.7 Å². The zero-order valence-corrected chi connectivity index (χ0v) is 14.5. The summed E-state index contributed by atoms with van der Waals surface area (Å²) in [4.78, 5) is 8.77. The lowest BCUT2D eigenvalue weighted by molar-refractivity contribution is 1.10. The molecule has 7 nitrogen and oxygen atoms in total. The van der Waals surface area contributed by atoms with Crippen LogP contribution in [0.4, 0.5) is 17.3 Å². The number of amidine groups is 1. The number of anilines is 3. The summed E-state index contributed by atoms with van der Waals surface area (Å²) >= 11 is 0. The van der Waals surface area contributed by atoms with Gasteiger partial charge in [-0.05, 0) is 48.2 Å². The molecule has 0 amide bonds. The molecule has 0 unspecified atom stereocenters. The molecule has 0 atom stereocenters. The Morgan fingerprint density at radius 3 is 2.96 bits per heavy atom. The SMILES string of the molecule is CN/C=C\C(=N)Nc1ccc(N)c(NCc2ccc3ncccc3c2)n1. The van der Waals surface area contributed by atoms with Gasteiger partial charge in [0.15, 0.2) is 5.82 Å². The molecule has 0 radical (unpaired) electrons. The molecule has 132 valence electrons. The minimum atomic E-state index is 0.226. The molecule has 3 rings (SSSR count). The Bertz CT molecular complexity index is 950. The largest absolute Gasteiger partial charge is 0.396 e. The van der Waals surface area contributed by atoms with Crippen LogP contribution >= 0.6 is 0 Å². The summed E-state index contributed by atoms with van der Waals surface area (Å²) in [7, 11) is 1.77. The van der Waals surface area contributed by atoms with Gasteiger partial charge in [0, 0.05) is 25.2 Å². The number of hydrogen-bond donors (Lipinski definition) is 5. The van der Waals surface area contributed by atoms with Gasteiger partial charge >= 0.3 is 0 Å². The van der Waals surface area contributed by atoms with Gasteiger partial charge in [-0.25, -0.2) is 4.98 Å². The van der Waals surface area contributed by atoms with Crippen LogP contribution in [0.3, 0.4) is 0 Å². The Kier molecular flexibility index (Phi) is 5.28. The molecule has 2 aromatic heterocycles. The number of fused-ring (bicyclic) bond motifs is 1. The molecular formula is C19H21N7. The maximum absolute atomic E-state index is 7.83. The highest BCUT2D eigenvalue weighted by atomic mass is 15.1. The van der Waals surface area contributed by atoms with Crippen molar-refractivity contribution in [2.45, 2.75) is 6.54 Å². The zero-order valence-electron chi connectivity index (χ0n) is 14.5. The Labute approximate surface area is 151 Å². The van der Waals surface area contributed by atoms with Crippen molar-refractivity contribution in [1.29, 1.82) is 5.41 Å². The Hall–Kier alpha value is -3.61. The number of pyridine rings is 2. The number of nitrogens with two attached hydrogens (primary N) is 1. The number of nitrogen functional groups attached to an aromatic ring is 1. The summed E-state index contributed by atoms with van der Waals surface area (Å²) in [6, 6.07) is 13.6. The predicted octanol–water partition coefficient (Wildman–Crippen LogP) is 2.95. The van der Waals surface area contributed by atoms with E-state index in [2.05, 4.69) is 32.0 Å². The summed E-state index contributed by atoms with van der Waals surface area (Å²) < 4.78 is 0. The molecule has 7 heteroatoms. The van der Waals surface area contributed by atoms with Gasteiger partial charge < -0.3 is 21.7 Å². The van der Waals surface area contributed by atoms with E-state index in [1.807, 2.05) is 24.3 Å². The average Bonchev–Trinajstić information content (AvgIpc) is 2.66. The van der Waals surface area contributed by atoms with Crippen molar-refractivity contribution in [1.82, 2.24) is 15.3 Å². The van der Waals surface area contributed by atoms with Crippen LogP contribution in [0, 0.1) is 5.41 Å². The average molecular weight is 347 g/mol. The fourth-order valence-electron chi connectivity index (χ4n) is 2.45. The maximum atomic E-state index is 7.83. The van der Waals surface area contributed by atoms with Crippen molar-refractivity contribution in [2.75, 3.05) is 23.4 Å². The van der Waals surface area contributed by atoms with Gasteiger partial charge in [0.2, 0.25) is 0 Å². The van der Waals surface area contributed by atoms with Gasteiger partial charge in [-0.3, -0.25) is 10.4 Å². The van der Waals surface area contributed by atoms with Crippen LogP contribution in [-0.2, 0) is 6.54 Å². The van der Waals surface area contributed by atoms with E-state index < -0.39 is 0 Å². The van der Waals surface area contributed by atoms with E-state index in [0.717, 1.165) is 16.5 Å². The standard InChI is InChI=1S/C19H21N7/c1-22-10-8-17(21)25-18-7-5-15(20)19(26-18)24-12-13-4-6-16-14(11-13)3-2-9-23-16/h2-11,22H,12,20H2,1H3,(H3,21,24,25,26)/b10-8-. The third-order valence-electron chi connectivity index (χ3n) is 3.73. The first-order valence-electron chi connectivity index (χ1n) is 8.19. The number of hydrogen-bond acceptors (Lipinski definition) is 6. The molecule has 0 saturated heterocycles. The van der Waals surface area contributed by atoms with Crippen molar-refractivity contribution in [3.63, 3.8) is 0 Å². The van der Waals surface area contributed by atoms with E-state index >= 15 is 0 Å². The van der Waals surface area contributed by atoms with Crippen molar-refractivity contribution in [3.05, 3.63) is 66.5 Å². The molecule has 0 spiro atoms. The topological polar surface area (TPSA) is 112 Å². The molecule has 0 aliphatic rings. The van der Waals surface area contributed by atoms with Gasteiger partial charge in [-0.15, -0.1) is 0 Å². The molecule has 6 N–H and O–H groups in total. The van der Waals surface area contributed by atoms with E-state index in [1.54, 1.807) is 37.7 Å². The van der Waals surface area contributed by atoms with Crippen LogP contribution in [0.2, 0.25) is 0 Å². The number of benzene rings is 1. The third-order valence-corrected chi connectivity index (χ3v) is 3.73. The smallest absolute Gasteiger partial charge is 0.151 e. The van der Waals surface area contributed by atoms with Crippen molar-refractivity contribution < 1.29 is 0 Å². The molecule has 1 aromatic carbocycles. The number of nitrogens with zero attached hydrogens (tertiary/aromatic N) is 2. The molecule has 0 bridgehead atoms. The summed E-state index contributed by atoms with van der Waals surface area (Å²) in [6.45, 7) is 0.586. The van der Waals surface area contributed by atoms with Crippen molar-refractivity contribution in [2.24, 2.45) is 0 Å². The quantitative estimate of drug-likeness (QED) is 0.346. The summed E-state index contributed by atoms with van der Waals surface area (Å²) in [5, 5.41) is 17.9. The lowest BCUT2D eigenvalue weighted by atomic mass is 10.1. The van der Waals surface area contributed by atoms with E-state index in [0.29, 0.717) is 23.9 Å². The Morgan fingerprint density at radius 1 is 1.23 bits per heavy atom. The monoisotopic (exact) mass is 347 g/mol. The molecule has 0 saturated carbocycles. The van der Waals surface area contributed by atoms with E-state index in [4.69, 9.17) is 11.1 Å². The molecule has 0 aliphatic heterocycles. The predicted molar refractivity (Wildman–Crippen MR) is 107 cm³/mol. The lowest BCUT2D eigenvalue weighted by Crippen LogP contribution is -2.12. The summed E-state index contributed by atoms with van der Waals surface area (Å²) in [5.41, 5.74) is 8.64. The number of aromatic nitrogens is 2. The van der Waals surface area contributed by atoms with Crippen LogP contribution in [0.15, 0.2) is 60.9 Å². The van der Waals surface area contributed by atoms with Crippen molar-refractivity contribution in [3.8, 4) is 0 Å². The first-order valence-corrected chi connectivity index (χ1v) is 8.19. The van der Waals surface area contributed by atoms with Gasteiger partial charge in [0.1, 0.15) is 11.7 Å². The highest BCUT2D eigenvalue weighted by Gasteiger charge is 2.05. The van der Waals surface area contributed by atoms with Crippen LogP contribution in [0.25, 0.3) is 10.9 Å². The molecule has 0 aliphatic carbocycles. The number of rotatable bonds is 6. The second-order valence-corrected chi connectivity index (χ2v) is 5.68. The lowest BCUT2D eigenvalue weighted by Gasteiger charge is -2.11. The summed E-state index contributed by atoms with van der Waals surface area (Å²) in [6.07, 6.45) is 5.06. The van der Waals surface area contributed by atoms with Gasteiger partial charge in [-0.2, -0.15) is 0 Å². The van der Waals surface area contributed by atoms with Crippen LogP contribution in [0.5, 0.6) is 0 Å². The molecule has 0 fully saturated rings. The third kappa shape index (κ3) is 4.27. The minimum absolute atomic E-state index is 0.226. The van der Waals surface area contributed by atoms with E-state index in [-0.39, 0.29) is 5.84 Å². The normalized spacial score (nSPS) is 10.8. The first kappa shape index (κ1) is 17.2. The molecular weight excluding hydrogens is 326 g/mol. The highest BCUT2D eigenvalue weighted by molar-refractivity contribution is 6.01. The minimum Gasteiger partial charge on any atom is -0.396 e. The molecule has 2 heterocycles. The molecule has 3 aromatic rings. The second kappa shape index (κ2) is 7.98. The van der Waals surface area contributed by atoms with Gasteiger partial charge in [0.05, 0.1) is 11.2 Å². The Morgan fingerprint density at radius 2 is 2.12 bits per heavy atom. The van der Waals surface area contributed by atoms with Gasteiger partial charge in [-0.1, -0.05) is 12.1 Å². The van der Waals surface area contributed by atoms with Crippen LogP contribution in [-0.4, -0.2) is 22.9 Å². The van der Waals surface area contributed by atoms with E-state index in [9.17, 15) is 0 Å². The summed E-state index contributed by atoms with van der Waals surface area (Å²) in [5.74, 6) is 1.35. The molecule has 26 heavy (non-hydrogen) atoms. The fourth-order valence-corrected chi connectivity index (χ4v) is 2.45. The van der Waals surface area contributed by atoms with E-state index in [1.165, 1.54) is 0 Å². The highest BCUT2D eigenvalue weighted by Crippen LogP contribution is 2.20. The van der Waals surface area contributed by atoms with Crippen LogP contribution in [0.1, 0.15) is 5.56 Å². The number of nitrogens with one attached hydrogen (secondary N) is 4. The zero-order chi connectivity index (χ0) is 18.4. The fraction of sp³-hybridized carbons (Fsp3) is 0.105. The Balaban J connectivity index is 1.71. The van der Waals surface area contributed by atoms with Gasteiger partial charge in [0.25, 0.3) is 0 Å². The maximum Gasteiger partial charge on any atom is 0.151 e. The van der Waals surface area contributed by atoms with Crippen molar-refractivity contribution >= 4 is 34.1 Å².